The highest BCUT2D eigenvalue weighted by atomic mass is 16.2. The molecule has 104 valence electrons. The van der Waals surface area contributed by atoms with Crippen LogP contribution < -0.4 is 16.4 Å². The number of carbonyl (C=O) groups excluding carboxylic acids is 2. The first-order chi connectivity index (χ1) is 9.13. The van der Waals surface area contributed by atoms with Gasteiger partial charge in [0.05, 0.1) is 0 Å². The number of hydrogen-bond donors (Lipinski definition) is 3. The number of hydrogen-bond acceptors (Lipinski definition) is 3. The van der Waals surface area contributed by atoms with Crippen molar-refractivity contribution in [1.29, 1.82) is 0 Å². The zero-order valence-electron chi connectivity index (χ0n) is 11.2. The highest BCUT2D eigenvalue weighted by Crippen LogP contribution is 2.04. The maximum absolute atomic E-state index is 11.5. The van der Waals surface area contributed by atoms with Crippen LogP contribution in [0.1, 0.15) is 18.9 Å². The van der Waals surface area contributed by atoms with Gasteiger partial charge in [-0.2, -0.15) is 0 Å². The molecule has 1 rings (SSSR count). The number of amides is 2. The SMILES string of the molecule is CC(CCc1ccccc1)NC(=O)C(=O)NCCN. The fourth-order valence-electron chi connectivity index (χ4n) is 1.66. The molecule has 0 aliphatic rings. The molecule has 5 heteroatoms. The van der Waals surface area contributed by atoms with E-state index in [0.717, 1.165) is 12.8 Å². The molecular weight excluding hydrogens is 242 g/mol. The van der Waals surface area contributed by atoms with E-state index in [-0.39, 0.29) is 6.04 Å². The van der Waals surface area contributed by atoms with Gasteiger partial charge in [0.2, 0.25) is 0 Å². The van der Waals surface area contributed by atoms with Gasteiger partial charge in [-0.05, 0) is 25.3 Å². The average molecular weight is 263 g/mol. The fraction of sp³-hybridized carbons (Fsp3) is 0.429. The van der Waals surface area contributed by atoms with E-state index in [1.165, 1.54) is 5.56 Å². The molecule has 0 radical (unpaired) electrons. The van der Waals surface area contributed by atoms with Crippen molar-refractivity contribution in [1.82, 2.24) is 10.6 Å². The molecule has 0 aliphatic carbocycles. The van der Waals surface area contributed by atoms with E-state index in [1.54, 1.807) is 0 Å². The van der Waals surface area contributed by atoms with Gasteiger partial charge >= 0.3 is 11.8 Å². The topological polar surface area (TPSA) is 84.2 Å². The molecule has 1 aromatic rings. The lowest BCUT2D eigenvalue weighted by Gasteiger charge is -2.13. The summed E-state index contributed by atoms with van der Waals surface area (Å²) in [4.78, 5) is 22.8. The van der Waals surface area contributed by atoms with Crippen LogP contribution in [0.3, 0.4) is 0 Å². The van der Waals surface area contributed by atoms with Crippen molar-refractivity contribution in [3.8, 4) is 0 Å². The first-order valence-electron chi connectivity index (χ1n) is 6.46. The van der Waals surface area contributed by atoms with Crippen LogP contribution in [-0.4, -0.2) is 30.9 Å². The van der Waals surface area contributed by atoms with E-state index < -0.39 is 11.8 Å². The molecule has 0 spiro atoms. The molecule has 19 heavy (non-hydrogen) atoms. The number of benzene rings is 1. The summed E-state index contributed by atoms with van der Waals surface area (Å²) in [5.74, 6) is -1.23. The fourth-order valence-corrected chi connectivity index (χ4v) is 1.66. The van der Waals surface area contributed by atoms with Gasteiger partial charge < -0.3 is 16.4 Å². The van der Waals surface area contributed by atoms with E-state index in [9.17, 15) is 9.59 Å². The molecule has 0 aromatic heterocycles. The molecule has 0 saturated heterocycles. The van der Waals surface area contributed by atoms with E-state index in [0.29, 0.717) is 13.1 Å². The van der Waals surface area contributed by atoms with Crippen LogP contribution in [0.15, 0.2) is 30.3 Å². The Morgan fingerprint density at radius 1 is 1.21 bits per heavy atom. The molecule has 0 fully saturated rings. The minimum atomic E-state index is -0.628. The molecule has 0 heterocycles. The monoisotopic (exact) mass is 263 g/mol. The number of nitrogens with two attached hydrogens (primary N) is 1. The van der Waals surface area contributed by atoms with Crippen LogP contribution in [0, 0.1) is 0 Å². The van der Waals surface area contributed by atoms with Gasteiger partial charge in [0.1, 0.15) is 0 Å². The molecule has 0 bridgehead atoms. The molecular formula is C14H21N3O2. The third kappa shape index (κ3) is 6.01. The summed E-state index contributed by atoms with van der Waals surface area (Å²) < 4.78 is 0. The lowest BCUT2D eigenvalue weighted by atomic mass is 10.1. The molecule has 0 saturated carbocycles. The summed E-state index contributed by atoms with van der Waals surface area (Å²) in [5.41, 5.74) is 6.46. The van der Waals surface area contributed by atoms with Crippen molar-refractivity contribution in [3.63, 3.8) is 0 Å². The normalized spacial score (nSPS) is 11.7. The van der Waals surface area contributed by atoms with Gasteiger partial charge in [0.15, 0.2) is 0 Å². The molecule has 1 atom stereocenters. The predicted octanol–water partition coefficient (Wildman–Crippen LogP) is 0.199. The van der Waals surface area contributed by atoms with Crippen molar-refractivity contribution in [2.45, 2.75) is 25.8 Å². The van der Waals surface area contributed by atoms with Gasteiger partial charge in [-0.15, -0.1) is 0 Å². The van der Waals surface area contributed by atoms with Gasteiger partial charge in [0, 0.05) is 19.1 Å². The number of nitrogens with one attached hydrogen (secondary N) is 2. The Morgan fingerprint density at radius 2 is 1.89 bits per heavy atom. The Balaban J connectivity index is 2.29. The molecule has 4 N–H and O–H groups in total. The van der Waals surface area contributed by atoms with Crippen LogP contribution in [0.2, 0.25) is 0 Å². The molecule has 2 amide bonds. The second kappa shape index (κ2) is 8.26. The summed E-state index contributed by atoms with van der Waals surface area (Å²) in [6.45, 7) is 2.52. The van der Waals surface area contributed by atoms with Crippen molar-refractivity contribution >= 4 is 11.8 Å². The quantitative estimate of drug-likeness (QED) is 0.641. The number of carbonyl (C=O) groups is 2. The third-order valence-electron chi connectivity index (χ3n) is 2.72. The summed E-state index contributed by atoms with van der Waals surface area (Å²) in [7, 11) is 0. The van der Waals surface area contributed by atoms with Crippen LogP contribution in [-0.2, 0) is 16.0 Å². The summed E-state index contributed by atoms with van der Waals surface area (Å²) in [5, 5.41) is 5.10. The Kier molecular flexibility index (Phi) is 6.60. The van der Waals surface area contributed by atoms with Crippen molar-refractivity contribution in [2.24, 2.45) is 5.73 Å². The minimum Gasteiger partial charge on any atom is -0.347 e. The highest BCUT2D eigenvalue weighted by molar-refractivity contribution is 6.35. The zero-order chi connectivity index (χ0) is 14.1. The van der Waals surface area contributed by atoms with E-state index >= 15 is 0 Å². The molecule has 0 aliphatic heterocycles. The number of rotatable bonds is 6. The lowest BCUT2D eigenvalue weighted by molar-refractivity contribution is -0.139. The standard InChI is InChI=1S/C14H21N3O2/c1-11(7-8-12-5-3-2-4-6-12)17-14(19)13(18)16-10-9-15/h2-6,11H,7-10,15H2,1H3,(H,16,18)(H,17,19). The van der Waals surface area contributed by atoms with Crippen molar-refractivity contribution in [2.75, 3.05) is 13.1 Å². The largest absolute Gasteiger partial charge is 0.347 e. The third-order valence-corrected chi connectivity index (χ3v) is 2.72. The van der Waals surface area contributed by atoms with Crippen LogP contribution in [0.25, 0.3) is 0 Å². The Morgan fingerprint density at radius 3 is 2.53 bits per heavy atom. The predicted molar refractivity (Wildman–Crippen MR) is 74.4 cm³/mol. The van der Waals surface area contributed by atoms with Gasteiger partial charge in [0.25, 0.3) is 0 Å². The molecule has 1 aromatic carbocycles. The first kappa shape index (κ1) is 15.2. The van der Waals surface area contributed by atoms with Gasteiger partial charge in [-0.25, -0.2) is 0 Å². The van der Waals surface area contributed by atoms with Crippen LogP contribution in [0.4, 0.5) is 0 Å². The lowest BCUT2D eigenvalue weighted by Crippen LogP contribution is -2.44. The summed E-state index contributed by atoms with van der Waals surface area (Å²) >= 11 is 0. The maximum Gasteiger partial charge on any atom is 0.309 e. The number of aryl methyl sites for hydroxylation is 1. The second-order valence-electron chi connectivity index (χ2n) is 4.44. The first-order valence-corrected chi connectivity index (χ1v) is 6.46. The average Bonchev–Trinajstić information content (AvgIpc) is 2.43. The Hall–Kier alpha value is -1.88. The maximum atomic E-state index is 11.5. The minimum absolute atomic E-state index is 0.0451. The summed E-state index contributed by atoms with van der Waals surface area (Å²) in [6, 6.07) is 9.98. The van der Waals surface area contributed by atoms with Gasteiger partial charge in [-0.1, -0.05) is 30.3 Å². The Labute approximate surface area is 113 Å². The van der Waals surface area contributed by atoms with E-state index in [2.05, 4.69) is 10.6 Å². The van der Waals surface area contributed by atoms with Crippen molar-refractivity contribution < 1.29 is 9.59 Å². The van der Waals surface area contributed by atoms with E-state index in [4.69, 9.17) is 5.73 Å². The zero-order valence-corrected chi connectivity index (χ0v) is 11.2. The second-order valence-corrected chi connectivity index (χ2v) is 4.44. The van der Waals surface area contributed by atoms with Gasteiger partial charge in [-0.3, -0.25) is 9.59 Å². The highest BCUT2D eigenvalue weighted by Gasteiger charge is 2.14. The summed E-state index contributed by atoms with van der Waals surface area (Å²) in [6.07, 6.45) is 1.66. The smallest absolute Gasteiger partial charge is 0.309 e. The van der Waals surface area contributed by atoms with Crippen LogP contribution >= 0.6 is 0 Å². The Bertz CT molecular complexity index is 406. The van der Waals surface area contributed by atoms with E-state index in [1.807, 2.05) is 37.3 Å². The molecule has 5 nitrogen and oxygen atoms in total. The van der Waals surface area contributed by atoms with Crippen LogP contribution in [0.5, 0.6) is 0 Å². The van der Waals surface area contributed by atoms with Crippen molar-refractivity contribution in [3.05, 3.63) is 35.9 Å². The molecule has 1 unspecified atom stereocenters.